The van der Waals surface area contributed by atoms with E-state index >= 15 is 0 Å². The maximum absolute atomic E-state index is 14.2. The second-order valence-corrected chi connectivity index (χ2v) is 8.74. The average molecular weight is 486 g/mol. The standard InChI is InChI=1S/C25H22F4N4O2/c1-31-11-3-2-4-15-12-17(26)6-8-19(15)32-14-33(20-9-10-22(34)30-23(20)31)24(35)18-7-5-16(13-21(18)32)25(27,28)29/h5-10,12-13H,2-4,11,14H2,1H3,(H,30,34). The first-order valence-corrected chi connectivity index (χ1v) is 11.2. The Kier molecular flexibility index (Phi) is 5.53. The topological polar surface area (TPSA) is 59.6 Å². The molecule has 0 radical (unpaired) electrons. The highest BCUT2D eigenvalue weighted by molar-refractivity contribution is 6.13. The van der Waals surface area contributed by atoms with E-state index in [-0.39, 0.29) is 23.5 Å². The number of nitrogens with zero attached hydrogens (tertiary/aromatic N) is 3. The number of hydrogen-bond donors (Lipinski definition) is 1. The van der Waals surface area contributed by atoms with Gasteiger partial charge in [-0.15, -0.1) is 0 Å². The molecule has 0 atom stereocenters. The molecular weight excluding hydrogens is 464 g/mol. The third-order valence-electron chi connectivity index (χ3n) is 6.45. The minimum Gasteiger partial charge on any atom is -0.359 e. The number of H-pyrrole nitrogens is 1. The van der Waals surface area contributed by atoms with Gasteiger partial charge in [-0.2, -0.15) is 13.2 Å². The molecule has 2 aliphatic rings. The number of carbonyl (C=O) groups is 1. The minimum atomic E-state index is -4.60. The lowest BCUT2D eigenvalue weighted by Gasteiger charge is -2.40. The SMILES string of the molecule is CN1CCCCc2cc(F)ccc2N2CN(C(=O)c3ccc(C(F)(F)F)cc32)c2ccc(=O)[nH]c21. The number of aromatic nitrogens is 1. The lowest BCUT2D eigenvalue weighted by Crippen LogP contribution is -2.46. The van der Waals surface area contributed by atoms with Gasteiger partial charge >= 0.3 is 6.18 Å². The van der Waals surface area contributed by atoms with Crippen LogP contribution >= 0.6 is 0 Å². The van der Waals surface area contributed by atoms with Gasteiger partial charge < -0.3 is 14.8 Å². The van der Waals surface area contributed by atoms with Crippen molar-refractivity contribution >= 4 is 28.8 Å². The van der Waals surface area contributed by atoms with Crippen molar-refractivity contribution < 1.29 is 22.4 Å². The fraction of sp³-hybridized carbons (Fsp3) is 0.280. The molecule has 1 N–H and O–H groups in total. The Balaban J connectivity index is 1.77. The highest BCUT2D eigenvalue weighted by atomic mass is 19.4. The monoisotopic (exact) mass is 486 g/mol. The van der Waals surface area contributed by atoms with Gasteiger partial charge in [0, 0.05) is 25.3 Å². The maximum atomic E-state index is 14.2. The number of amides is 1. The zero-order valence-corrected chi connectivity index (χ0v) is 18.8. The van der Waals surface area contributed by atoms with Gasteiger partial charge in [-0.1, -0.05) is 0 Å². The van der Waals surface area contributed by atoms with Crippen LogP contribution in [0.1, 0.15) is 34.3 Å². The molecule has 0 saturated heterocycles. The summed E-state index contributed by atoms with van der Waals surface area (Å²) < 4.78 is 54.9. The molecule has 1 aromatic heterocycles. The van der Waals surface area contributed by atoms with Crippen LogP contribution in [0.2, 0.25) is 0 Å². The van der Waals surface area contributed by atoms with Crippen LogP contribution in [0.15, 0.2) is 53.3 Å². The summed E-state index contributed by atoms with van der Waals surface area (Å²) in [5, 5.41) is 0. The first-order chi connectivity index (χ1) is 16.6. The van der Waals surface area contributed by atoms with Crippen LogP contribution in [-0.2, 0) is 12.6 Å². The number of anilines is 4. The lowest BCUT2D eigenvalue weighted by atomic mass is 10.00. The highest BCUT2D eigenvalue weighted by Crippen LogP contribution is 2.42. The molecule has 10 heteroatoms. The molecule has 0 aliphatic carbocycles. The summed E-state index contributed by atoms with van der Waals surface area (Å²) in [6.45, 7) is 0.466. The maximum Gasteiger partial charge on any atom is 0.416 e. The van der Waals surface area contributed by atoms with E-state index in [2.05, 4.69) is 4.98 Å². The number of alkyl halides is 3. The van der Waals surface area contributed by atoms with E-state index in [1.807, 2.05) is 4.90 Å². The molecule has 5 rings (SSSR count). The fourth-order valence-corrected chi connectivity index (χ4v) is 4.69. The molecule has 182 valence electrons. The Morgan fingerprint density at radius 2 is 1.66 bits per heavy atom. The molecule has 0 unspecified atom stereocenters. The summed E-state index contributed by atoms with van der Waals surface area (Å²) in [6.07, 6.45) is -2.69. The molecule has 2 bridgehead atoms. The van der Waals surface area contributed by atoms with Crippen molar-refractivity contribution in [3.63, 3.8) is 0 Å². The number of pyridine rings is 1. The quantitative estimate of drug-likeness (QED) is 0.452. The van der Waals surface area contributed by atoms with Crippen molar-refractivity contribution in [3.8, 4) is 0 Å². The summed E-state index contributed by atoms with van der Waals surface area (Å²) in [6, 6.07) is 10.0. The van der Waals surface area contributed by atoms with Crippen LogP contribution in [0.5, 0.6) is 0 Å². The third kappa shape index (κ3) is 4.13. The number of carbonyl (C=O) groups excluding carboxylic acids is 1. The molecule has 0 spiro atoms. The van der Waals surface area contributed by atoms with Gasteiger partial charge in [0.25, 0.3) is 5.91 Å². The van der Waals surface area contributed by atoms with Crippen LogP contribution < -0.4 is 20.3 Å². The predicted octanol–water partition coefficient (Wildman–Crippen LogP) is 5.06. The van der Waals surface area contributed by atoms with Crippen LogP contribution in [0.25, 0.3) is 0 Å². The fourth-order valence-electron chi connectivity index (χ4n) is 4.69. The van der Waals surface area contributed by atoms with E-state index in [0.29, 0.717) is 48.6 Å². The molecule has 0 saturated carbocycles. The van der Waals surface area contributed by atoms with E-state index in [0.717, 1.165) is 12.1 Å². The Morgan fingerprint density at radius 1 is 0.886 bits per heavy atom. The Hall–Kier alpha value is -3.82. The Morgan fingerprint density at radius 3 is 2.43 bits per heavy atom. The summed E-state index contributed by atoms with van der Waals surface area (Å²) in [5.74, 6) is -0.487. The number of benzene rings is 2. The summed E-state index contributed by atoms with van der Waals surface area (Å²) in [4.78, 5) is 33.3. The van der Waals surface area contributed by atoms with Gasteiger partial charge in [-0.25, -0.2) is 4.39 Å². The first-order valence-electron chi connectivity index (χ1n) is 11.2. The molecule has 3 aromatic rings. The molecule has 2 aromatic carbocycles. The average Bonchev–Trinajstić information content (AvgIpc) is 2.81. The molecule has 0 fully saturated rings. The Labute approximate surface area is 198 Å². The molecular formula is C25H22F4N4O2. The number of nitrogens with one attached hydrogen (secondary N) is 1. The van der Waals surface area contributed by atoms with E-state index < -0.39 is 23.5 Å². The van der Waals surface area contributed by atoms with E-state index in [1.54, 1.807) is 11.9 Å². The largest absolute Gasteiger partial charge is 0.416 e. The lowest BCUT2D eigenvalue weighted by molar-refractivity contribution is -0.137. The van der Waals surface area contributed by atoms with Gasteiger partial charge in [-0.05, 0) is 67.3 Å². The predicted molar refractivity (Wildman–Crippen MR) is 125 cm³/mol. The summed E-state index contributed by atoms with van der Waals surface area (Å²) in [7, 11) is 1.80. The van der Waals surface area contributed by atoms with Crippen molar-refractivity contribution in [1.82, 2.24) is 4.98 Å². The first kappa shape index (κ1) is 22.9. The van der Waals surface area contributed by atoms with Gasteiger partial charge in [0.2, 0.25) is 5.56 Å². The summed E-state index contributed by atoms with van der Waals surface area (Å²) in [5.41, 5.74) is 0.576. The van der Waals surface area contributed by atoms with Crippen molar-refractivity contribution in [3.05, 3.63) is 81.4 Å². The minimum absolute atomic E-state index is 0.0800. The molecule has 3 heterocycles. The zero-order valence-electron chi connectivity index (χ0n) is 18.8. The van der Waals surface area contributed by atoms with Crippen molar-refractivity contribution in [2.24, 2.45) is 0 Å². The summed E-state index contributed by atoms with van der Waals surface area (Å²) >= 11 is 0. The second-order valence-electron chi connectivity index (χ2n) is 8.74. The Bertz CT molecular complexity index is 1370. The van der Waals surface area contributed by atoms with Crippen molar-refractivity contribution in [2.45, 2.75) is 25.4 Å². The van der Waals surface area contributed by atoms with E-state index in [9.17, 15) is 27.2 Å². The zero-order chi connectivity index (χ0) is 24.9. The van der Waals surface area contributed by atoms with Crippen LogP contribution in [0.3, 0.4) is 0 Å². The number of rotatable bonds is 0. The smallest absolute Gasteiger partial charge is 0.359 e. The van der Waals surface area contributed by atoms with Crippen LogP contribution in [-0.4, -0.2) is 31.2 Å². The molecule has 1 amide bonds. The van der Waals surface area contributed by atoms with Crippen LogP contribution in [0.4, 0.5) is 40.4 Å². The van der Waals surface area contributed by atoms with Crippen molar-refractivity contribution in [2.75, 3.05) is 35.0 Å². The molecule has 2 aliphatic heterocycles. The third-order valence-corrected chi connectivity index (χ3v) is 6.45. The van der Waals surface area contributed by atoms with Crippen LogP contribution in [0, 0.1) is 5.82 Å². The number of aromatic amines is 1. The number of halogens is 4. The second kappa shape index (κ2) is 8.44. The van der Waals surface area contributed by atoms with Gasteiger partial charge in [0.05, 0.1) is 22.5 Å². The number of aryl methyl sites for hydroxylation is 1. The van der Waals surface area contributed by atoms with E-state index in [4.69, 9.17) is 0 Å². The number of fused-ring (bicyclic) bond motifs is 8. The molecule has 6 nitrogen and oxygen atoms in total. The molecule has 35 heavy (non-hydrogen) atoms. The van der Waals surface area contributed by atoms with Gasteiger partial charge in [0.15, 0.2) is 0 Å². The number of hydrogen-bond acceptors (Lipinski definition) is 4. The highest BCUT2D eigenvalue weighted by Gasteiger charge is 2.37. The van der Waals surface area contributed by atoms with Gasteiger partial charge in [0.1, 0.15) is 18.3 Å². The van der Waals surface area contributed by atoms with E-state index in [1.165, 1.54) is 41.3 Å². The normalized spacial score (nSPS) is 16.1. The van der Waals surface area contributed by atoms with Gasteiger partial charge in [-0.3, -0.25) is 14.5 Å². The van der Waals surface area contributed by atoms with Crippen molar-refractivity contribution in [1.29, 1.82) is 0 Å².